The Hall–Kier alpha value is -3.22. The first-order valence-corrected chi connectivity index (χ1v) is 9.94. The Morgan fingerprint density at radius 1 is 1.17 bits per heavy atom. The van der Waals surface area contributed by atoms with Crippen molar-refractivity contribution in [2.24, 2.45) is 0 Å². The van der Waals surface area contributed by atoms with Gasteiger partial charge >= 0.3 is 0 Å². The maximum atomic E-state index is 12.1. The third-order valence-corrected chi connectivity index (χ3v) is 5.33. The molecule has 3 aromatic rings. The number of imidazole rings is 1. The zero-order valence-electron chi connectivity index (χ0n) is 16.9. The lowest BCUT2D eigenvalue weighted by Crippen LogP contribution is -2.36. The van der Waals surface area contributed by atoms with Gasteiger partial charge in [0.1, 0.15) is 11.6 Å². The van der Waals surface area contributed by atoms with Crippen LogP contribution in [0.5, 0.6) is 0 Å². The maximum absolute atomic E-state index is 12.1. The van der Waals surface area contributed by atoms with Gasteiger partial charge in [0.05, 0.1) is 12.1 Å². The highest BCUT2D eigenvalue weighted by Crippen LogP contribution is 2.28. The van der Waals surface area contributed by atoms with Crippen LogP contribution in [-0.2, 0) is 6.54 Å². The number of amides is 1. The molecule has 150 valence electrons. The molecule has 1 amide bonds. The first-order valence-electron chi connectivity index (χ1n) is 9.94. The third kappa shape index (κ3) is 4.29. The van der Waals surface area contributed by atoms with Gasteiger partial charge in [0, 0.05) is 64.1 Å². The van der Waals surface area contributed by atoms with Crippen molar-refractivity contribution in [2.45, 2.75) is 25.3 Å². The predicted octanol–water partition coefficient (Wildman–Crippen LogP) is 2.81. The molecule has 0 bridgehead atoms. The summed E-state index contributed by atoms with van der Waals surface area (Å²) in [6.45, 7) is 2.62. The summed E-state index contributed by atoms with van der Waals surface area (Å²) in [5, 5.41) is 0. The van der Waals surface area contributed by atoms with Gasteiger partial charge in [-0.15, -0.1) is 0 Å². The smallest absolute Gasteiger partial charge is 0.254 e. The molecule has 1 fully saturated rings. The summed E-state index contributed by atoms with van der Waals surface area (Å²) in [4.78, 5) is 29.4. The van der Waals surface area contributed by atoms with Crippen LogP contribution in [0, 0.1) is 0 Å². The highest BCUT2D eigenvalue weighted by Gasteiger charge is 2.25. The lowest BCUT2D eigenvalue weighted by molar-refractivity contribution is 0.0827. The lowest BCUT2D eigenvalue weighted by atomic mass is 9.97. The van der Waals surface area contributed by atoms with Gasteiger partial charge in [-0.25, -0.2) is 9.97 Å². The molecule has 7 heteroatoms. The molecule has 0 saturated carbocycles. The molecule has 0 radical (unpaired) electrons. The van der Waals surface area contributed by atoms with Crippen LogP contribution in [0.15, 0.2) is 55.2 Å². The minimum atomic E-state index is -0.0296. The van der Waals surface area contributed by atoms with E-state index in [-0.39, 0.29) is 5.91 Å². The zero-order chi connectivity index (χ0) is 20.2. The second-order valence-electron chi connectivity index (χ2n) is 7.66. The number of carbonyl (C=O) groups is 1. The van der Waals surface area contributed by atoms with Gasteiger partial charge in [-0.2, -0.15) is 0 Å². The number of nitrogens with zero attached hydrogens (tertiary/aromatic N) is 6. The fourth-order valence-electron chi connectivity index (χ4n) is 3.86. The quantitative estimate of drug-likeness (QED) is 0.670. The molecule has 4 heterocycles. The van der Waals surface area contributed by atoms with E-state index in [0.717, 1.165) is 44.1 Å². The van der Waals surface area contributed by atoms with Gasteiger partial charge in [-0.3, -0.25) is 9.78 Å². The van der Waals surface area contributed by atoms with Crippen LogP contribution in [0.4, 0.5) is 5.82 Å². The average Bonchev–Trinajstić information content (AvgIpc) is 3.22. The molecular weight excluding hydrogens is 364 g/mol. The molecule has 1 aliphatic rings. The maximum Gasteiger partial charge on any atom is 0.254 e. The molecule has 0 unspecified atom stereocenters. The number of hydrogen-bond acceptors (Lipinski definition) is 5. The minimum absolute atomic E-state index is 0.0296. The van der Waals surface area contributed by atoms with Crippen LogP contribution >= 0.6 is 0 Å². The largest absolute Gasteiger partial charge is 0.356 e. The summed E-state index contributed by atoms with van der Waals surface area (Å²) < 4.78 is 2.22. The first kappa shape index (κ1) is 19.1. The zero-order valence-corrected chi connectivity index (χ0v) is 16.9. The van der Waals surface area contributed by atoms with Crippen molar-refractivity contribution < 1.29 is 4.79 Å². The number of pyridine rings is 2. The van der Waals surface area contributed by atoms with Crippen molar-refractivity contribution in [3.63, 3.8) is 0 Å². The van der Waals surface area contributed by atoms with Crippen molar-refractivity contribution in [2.75, 3.05) is 32.1 Å². The summed E-state index contributed by atoms with van der Waals surface area (Å²) in [6, 6.07) is 7.86. The van der Waals surface area contributed by atoms with Gasteiger partial charge < -0.3 is 14.4 Å². The van der Waals surface area contributed by atoms with E-state index in [2.05, 4.69) is 30.5 Å². The van der Waals surface area contributed by atoms with Crippen LogP contribution in [0.3, 0.4) is 0 Å². The topological polar surface area (TPSA) is 67.2 Å². The van der Waals surface area contributed by atoms with Crippen LogP contribution < -0.4 is 4.90 Å². The molecule has 0 aromatic carbocycles. The number of carbonyl (C=O) groups excluding carboxylic acids is 1. The van der Waals surface area contributed by atoms with E-state index >= 15 is 0 Å². The summed E-state index contributed by atoms with van der Waals surface area (Å²) >= 11 is 0. The van der Waals surface area contributed by atoms with Crippen LogP contribution in [0.2, 0.25) is 0 Å². The monoisotopic (exact) mass is 390 g/mol. The van der Waals surface area contributed by atoms with Crippen molar-refractivity contribution in [1.82, 2.24) is 24.4 Å². The standard InChI is InChI=1S/C22H26N6O/c1-26(2)22(29)18-7-8-20(25-14-18)27-11-4-6-19(16-27)21-24-10-12-28(21)15-17-5-3-9-23-13-17/h3,5,7-10,12-14,19H,4,6,11,15-16H2,1-2H3/t19-/m1/s1. The molecule has 1 saturated heterocycles. The number of hydrogen-bond donors (Lipinski definition) is 0. The van der Waals surface area contributed by atoms with E-state index in [1.54, 1.807) is 31.4 Å². The number of piperidine rings is 1. The Morgan fingerprint density at radius 2 is 2.07 bits per heavy atom. The van der Waals surface area contributed by atoms with E-state index in [1.807, 2.05) is 36.8 Å². The van der Waals surface area contributed by atoms with E-state index in [4.69, 9.17) is 0 Å². The summed E-state index contributed by atoms with van der Waals surface area (Å²) in [6.07, 6.45) is 11.5. The fraction of sp³-hybridized carbons (Fsp3) is 0.364. The molecule has 7 nitrogen and oxygen atoms in total. The molecule has 29 heavy (non-hydrogen) atoms. The third-order valence-electron chi connectivity index (χ3n) is 5.33. The molecule has 4 rings (SSSR count). The second-order valence-corrected chi connectivity index (χ2v) is 7.66. The predicted molar refractivity (Wildman–Crippen MR) is 112 cm³/mol. The number of rotatable bonds is 5. The van der Waals surface area contributed by atoms with Gasteiger partial charge in [-0.1, -0.05) is 6.07 Å². The molecule has 1 aliphatic heterocycles. The van der Waals surface area contributed by atoms with E-state index in [1.165, 1.54) is 5.56 Å². The highest BCUT2D eigenvalue weighted by atomic mass is 16.2. The Labute approximate surface area is 171 Å². The van der Waals surface area contributed by atoms with Crippen LogP contribution in [-0.4, -0.2) is 57.5 Å². The van der Waals surface area contributed by atoms with E-state index in [0.29, 0.717) is 11.5 Å². The number of aromatic nitrogens is 4. The summed E-state index contributed by atoms with van der Waals surface area (Å²) in [5.74, 6) is 2.34. The minimum Gasteiger partial charge on any atom is -0.356 e. The second kappa shape index (κ2) is 8.43. The van der Waals surface area contributed by atoms with Gasteiger partial charge in [-0.05, 0) is 36.6 Å². The SMILES string of the molecule is CN(C)C(=O)c1ccc(N2CCC[C@@H](c3nccn3Cc3cccnc3)C2)nc1. The molecule has 0 spiro atoms. The number of anilines is 1. The van der Waals surface area contributed by atoms with Gasteiger partial charge in [0.2, 0.25) is 0 Å². The Morgan fingerprint density at radius 3 is 2.79 bits per heavy atom. The van der Waals surface area contributed by atoms with Crippen LogP contribution in [0.1, 0.15) is 40.5 Å². The van der Waals surface area contributed by atoms with Gasteiger partial charge in [0.15, 0.2) is 0 Å². The van der Waals surface area contributed by atoms with Gasteiger partial charge in [0.25, 0.3) is 5.91 Å². The lowest BCUT2D eigenvalue weighted by Gasteiger charge is -2.33. The van der Waals surface area contributed by atoms with E-state index < -0.39 is 0 Å². The van der Waals surface area contributed by atoms with Crippen molar-refractivity contribution in [3.05, 3.63) is 72.2 Å². The van der Waals surface area contributed by atoms with E-state index in [9.17, 15) is 4.79 Å². The normalized spacial score (nSPS) is 16.6. The van der Waals surface area contributed by atoms with Crippen molar-refractivity contribution in [3.8, 4) is 0 Å². The Kier molecular flexibility index (Phi) is 5.55. The summed E-state index contributed by atoms with van der Waals surface area (Å²) in [5.41, 5.74) is 1.78. The summed E-state index contributed by atoms with van der Waals surface area (Å²) in [7, 11) is 3.50. The highest BCUT2D eigenvalue weighted by molar-refractivity contribution is 5.93. The molecule has 3 aromatic heterocycles. The average molecular weight is 390 g/mol. The fourth-order valence-corrected chi connectivity index (χ4v) is 3.86. The molecule has 0 N–H and O–H groups in total. The van der Waals surface area contributed by atoms with Crippen molar-refractivity contribution >= 4 is 11.7 Å². The Bertz CT molecular complexity index is 951. The van der Waals surface area contributed by atoms with Crippen LogP contribution in [0.25, 0.3) is 0 Å². The Balaban J connectivity index is 1.48. The molecular formula is C22H26N6O. The molecule has 0 aliphatic carbocycles. The first-order chi connectivity index (χ1) is 14.1. The van der Waals surface area contributed by atoms with Crippen molar-refractivity contribution in [1.29, 1.82) is 0 Å². The molecule has 1 atom stereocenters.